The zero-order valence-electron chi connectivity index (χ0n) is 6.44. The third-order valence-corrected chi connectivity index (χ3v) is 0.861. The molecule has 0 aliphatic carbocycles. The summed E-state index contributed by atoms with van der Waals surface area (Å²) in [7, 11) is 4.11. The van der Waals surface area contributed by atoms with E-state index in [2.05, 4.69) is 30.8 Å². The van der Waals surface area contributed by atoms with Crippen molar-refractivity contribution < 1.29 is 32.7 Å². The first-order valence-electron chi connectivity index (χ1n) is 2.81. The molecule has 1 nitrogen and oxygen atoms in total. The maximum Gasteiger partial charge on any atom is 0.0216 e. The molecule has 0 heterocycles. The summed E-state index contributed by atoms with van der Waals surface area (Å²) in [5.41, 5.74) is 0. The van der Waals surface area contributed by atoms with Gasteiger partial charge < -0.3 is 4.90 Å². The van der Waals surface area contributed by atoms with Crippen LogP contribution in [0.2, 0.25) is 0 Å². The molecule has 0 aliphatic heterocycles. The van der Waals surface area contributed by atoms with Crippen molar-refractivity contribution in [2.24, 2.45) is 0 Å². The monoisotopic (exact) mass is 200 g/mol. The van der Waals surface area contributed by atoms with Gasteiger partial charge in [0.15, 0.2) is 0 Å². The molecule has 0 amide bonds. The minimum absolute atomic E-state index is 0. The molecule has 1 radical (unpaired) electrons. The Balaban J connectivity index is 0. The topological polar surface area (TPSA) is 3.24 Å². The van der Waals surface area contributed by atoms with Gasteiger partial charge in [0.1, 0.15) is 0 Å². The number of hydrogen-bond acceptors (Lipinski definition) is 1. The van der Waals surface area contributed by atoms with Gasteiger partial charge in [0.25, 0.3) is 0 Å². The van der Waals surface area contributed by atoms with Gasteiger partial charge >= 0.3 is 0 Å². The van der Waals surface area contributed by atoms with Crippen LogP contribution in [0, 0.1) is 11.8 Å². The number of nitrogens with zero attached hydrogens (tertiary/aromatic N) is 1. The molecular formula is C7H13NY. The van der Waals surface area contributed by atoms with Gasteiger partial charge in [0.2, 0.25) is 0 Å². The Kier molecular flexibility index (Phi) is 11.8. The molecule has 0 saturated carbocycles. The fourth-order valence-corrected chi connectivity index (χ4v) is 0.405. The third kappa shape index (κ3) is 12.0. The van der Waals surface area contributed by atoms with Crippen molar-refractivity contribution >= 4 is 0 Å². The summed E-state index contributed by atoms with van der Waals surface area (Å²) in [5, 5.41) is 0. The third-order valence-electron chi connectivity index (χ3n) is 0.861. The van der Waals surface area contributed by atoms with Crippen LogP contribution >= 0.6 is 0 Å². The Morgan fingerprint density at radius 2 is 1.89 bits per heavy atom. The maximum atomic E-state index is 2.99. The second kappa shape index (κ2) is 8.62. The van der Waals surface area contributed by atoms with Crippen LogP contribution in [-0.4, -0.2) is 25.5 Å². The van der Waals surface area contributed by atoms with Gasteiger partial charge in [0.05, 0.1) is 0 Å². The summed E-state index contributed by atoms with van der Waals surface area (Å²) in [4.78, 5) is 2.13. The number of hydrogen-bond donors (Lipinski definition) is 0. The molecule has 0 unspecified atom stereocenters. The molecule has 0 atom stereocenters. The summed E-state index contributed by atoms with van der Waals surface area (Å²) < 4.78 is 0. The Hall–Kier alpha value is 0.624. The van der Waals surface area contributed by atoms with Gasteiger partial charge in [-0.2, -0.15) is 0 Å². The van der Waals surface area contributed by atoms with Crippen LogP contribution in [0.15, 0.2) is 0 Å². The van der Waals surface area contributed by atoms with Crippen molar-refractivity contribution in [3.63, 3.8) is 0 Å². The molecule has 0 N–H and O–H groups in total. The van der Waals surface area contributed by atoms with Crippen molar-refractivity contribution in [2.45, 2.75) is 13.3 Å². The molecule has 0 spiro atoms. The molecule has 0 bridgehead atoms. The van der Waals surface area contributed by atoms with E-state index in [0.717, 1.165) is 13.0 Å². The summed E-state index contributed by atoms with van der Waals surface area (Å²) in [6.45, 7) is 2.94. The molecule has 0 aromatic heterocycles. The summed E-state index contributed by atoms with van der Waals surface area (Å²) in [5.74, 6) is 5.83. The first-order valence-corrected chi connectivity index (χ1v) is 2.81. The first-order chi connectivity index (χ1) is 3.77. The van der Waals surface area contributed by atoms with E-state index in [1.54, 1.807) is 0 Å². The molecule has 49 valence electrons. The fourth-order valence-electron chi connectivity index (χ4n) is 0.405. The molecule has 0 aromatic rings. The minimum Gasteiger partial charge on any atom is -0.308 e. The Morgan fingerprint density at radius 3 is 2.22 bits per heavy atom. The van der Waals surface area contributed by atoms with Crippen LogP contribution < -0.4 is 0 Å². The second-order valence-electron chi connectivity index (χ2n) is 1.98. The van der Waals surface area contributed by atoms with Gasteiger partial charge in [-0.05, 0) is 21.0 Å². The van der Waals surface area contributed by atoms with Crippen LogP contribution in [0.25, 0.3) is 0 Å². The normalized spacial score (nSPS) is 7.56. The van der Waals surface area contributed by atoms with E-state index in [1.807, 2.05) is 6.92 Å². The molecule has 0 rings (SSSR count). The molecular weight excluding hydrogens is 187 g/mol. The number of rotatable bonds is 2. The quantitative estimate of drug-likeness (QED) is 0.600. The zero-order valence-corrected chi connectivity index (χ0v) is 9.28. The maximum absolute atomic E-state index is 2.99. The first kappa shape index (κ1) is 12.3. The average Bonchev–Trinajstić information content (AvgIpc) is 1.66. The van der Waals surface area contributed by atoms with Crippen LogP contribution in [-0.2, 0) is 32.7 Å². The van der Waals surface area contributed by atoms with Crippen molar-refractivity contribution in [3.8, 4) is 11.8 Å². The van der Waals surface area contributed by atoms with E-state index in [9.17, 15) is 0 Å². The van der Waals surface area contributed by atoms with Gasteiger partial charge in [0, 0.05) is 45.7 Å². The van der Waals surface area contributed by atoms with Crippen molar-refractivity contribution in [1.82, 2.24) is 4.90 Å². The van der Waals surface area contributed by atoms with E-state index < -0.39 is 0 Å². The van der Waals surface area contributed by atoms with Gasteiger partial charge in [-0.25, -0.2) is 0 Å². The van der Waals surface area contributed by atoms with Crippen molar-refractivity contribution in [1.29, 1.82) is 0 Å². The van der Waals surface area contributed by atoms with Crippen molar-refractivity contribution in [3.05, 3.63) is 0 Å². The van der Waals surface area contributed by atoms with Crippen molar-refractivity contribution in [2.75, 3.05) is 20.6 Å². The standard InChI is InChI=1S/C7H13N.Y/c1-4-5-6-7-8(2)3;/h6-7H2,1-3H3;. The van der Waals surface area contributed by atoms with Gasteiger partial charge in [-0.1, -0.05) is 0 Å². The van der Waals surface area contributed by atoms with Crippen LogP contribution in [0.3, 0.4) is 0 Å². The molecule has 9 heavy (non-hydrogen) atoms. The summed E-state index contributed by atoms with van der Waals surface area (Å²) in [6, 6.07) is 0. The molecule has 0 saturated heterocycles. The molecule has 0 fully saturated rings. The smallest absolute Gasteiger partial charge is 0.0216 e. The predicted octanol–water partition coefficient (Wildman–Crippen LogP) is 0.959. The Labute approximate surface area is 83.1 Å². The Morgan fingerprint density at radius 1 is 1.33 bits per heavy atom. The minimum atomic E-state index is 0. The second-order valence-corrected chi connectivity index (χ2v) is 1.98. The van der Waals surface area contributed by atoms with E-state index >= 15 is 0 Å². The largest absolute Gasteiger partial charge is 0.308 e. The average molecular weight is 200 g/mol. The summed E-state index contributed by atoms with van der Waals surface area (Å²) >= 11 is 0. The van der Waals surface area contributed by atoms with Crippen LogP contribution in [0.1, 0.15) is 13.3 Å². The summed E-state index contributed by atoms with van der Waals surface area (Å²) in [6.07, 6.45) is 0.990. The fraction of sp³-hybridized carbons (Fsp3) is 0.714. The van der Waals surface area contributed by atoms with Crippen LogP contribution in [0.4, 0.5) is 0 Å². The SMILES string of the molecule is CC#CCCN(C)C.[Y]. The zero-order chi connectivity index (χ0) is 6.41. The van der Waals surface area contributed by atoms with E-state index in [-0.39, 0.29) is 32.7 Å². The molecule has 2 heteroatoms. The Bertz CT molecular complexity index is 99.2. The predicted molar refractivity (Wildman–Crippen MR) is 36.6 cm³/mol. The van der Waals surface area contributed by atoms with E-state index in [1.165, 1.54) is 0 Å². The van der Waals surface area contributed by atoms with Crippen LogP contribution in [0.5, 0.6) is 0 Å². The van der Waals surface area contributed by atoms with E-state index in [4.69, 9.17) is 0 Å². The molecule has 0 aromatic carbocycles. The van der Waals surface area contributed by atoms with Gasteiger partial charge in [-0.15, -0.1) is 11.8 Å². The van der Waals surface area contributed by atoms with Gasteiger partial charge in [-0.3, -0.25) is 0 Å². The molecule has 0 aliphatic rings. The van der Waals surface area contributed by atoms with E-state index in [0.29, 0.717) is 0 Å².